The lowest BCUT2D eigenvalue weighted by molar-refractivity contribution is 0.0956. The number of benzene rings is 2. The van der Waals surface area contributed by atoms with Gasteiger partial charge in [-0.25, -0.2) is 0 Å². The molecule has 0 heterocycles. The van der Waals surface area contributed by atoms with E-state index in [-0.39, 0.29) is 5.91 Å². The molecule has 2 aromatic carbocycles. The molecule has 0 saturated heterocycles. The summed E-state index contributed by atoms with van der Waals surface area (Å²) in [6.07, 6.45) is 0. The normalized spacial score (nSPS) is 10.2. The molecular weight excluding hydrogens is 342 g/mol. The molecule has 0 radical (unpaired) electrons. The molecule has 0 saturated carbocycles. The van der Waals surface area contributed by atoms with Gasteiger partial charge in [-0.3, -0.25) is 4.79 Å². The van der Waals surface area contributed by atoms with Gasteiger partial charge in [-0.15, -0.1) is 0 Å². The zero-order valence-corrected chi connectivity index (χ0v) is 16.2. The minimum Gasteiger partial charge on any atom is -0.372 e. The summed E-state index contributed by atoms with van der Waals surface area (Å²) in [5, 5.41) is 12.0. The van der Waals surface area contributed by atoms with Gasteiger partial charge in [0.1, 0.15) is 0 Å². The number of thioether (sulfide) groups is 1. The van der Waals surface area contributed by atoms with Gasteiger partial charge in [0.2, 0.25) is 0 Å². The van der Waals surface area contributed by atoms with E-state index in [0.29, 0.717) is 12.1 Å². The zero-order chi connectivity index (χ0) is 18.8. The SMILES string of the molecule is CCN(CC)c1ccc(C(=O)NCCSCc2ccccc2C#N)cc1. The first-order valence-electron chi connectivity index (χ1n) is 8.88. The number of nitrogens with zero attached hydrogens (tertiary/aromatic N) is 2. The van der Waals surface area contributed by atoms with Gasteiger partial charge >= 0.3 is 0 Å². The maximum Gasteiger partial charge on any atom is 0.251 e. The van der Waals surface area contributed by atoms with Crippen molar-refractivity contribution >= 4 is 23.4 Å². The molecule has 0 aliphatic carbocycles. The lowest BCUT2D eigenvalue weighted by atomic mass is 10.1. The highest BCUT2D eigenvalue weighted by molar-refractivity contribution is 7.98. The largest absolute Gasteiger partial charge is 0.372 e. The van der Waals surface area contributed by atoms with E-state index in [2.05, 4.69) is 30.1 Å². The average Bonchev–Trinajstić information content (AvgIpc) is 2.69. The number of hydrogen-bond donors (Lipinski definition) is 1. The quantitative estimate of drug-likeness (QED) is 0.679. The topological polar surface area (TPSA) is 56.1 Å². The van der Waals surface area contributed by atoms with Crippen LogP contribution < -0.4 is 10.2 Å². The molecule has 0 aromatic heterocycles. The van der Waals surface area contributed by atoms with Crippen molar-refractivity contribution in [1.82, 2.24) is 5.32 Å². The molecule has 0 bridgehead atoms. The number of carbonyl (C=O) groups excluding carboxylic acids is 1. The van der Waals surface area contributed by atoms with Gasteiger partial charge in [0.25, 0.3) is 5.91 Å². The summed E-state index contributed by atoms with van der Waals surface area (Å²) >= 11 is 1.71. The van der Waals surface area contributed by atoms with Crippen molar-refractivity contribution in [3.05, 3.63) is 65.2 Å². The number of carbonyl (C=O) groups is 1. The Morgan fingerprint density at radius 3 is 2.46 bits per heavy atom. The van der Waals surface area contributed by atoms with Crippen LogP contribution in [0.5, 0.6) is 0 Å². The molecule has 4 nitrogen and oxygen atoms in total. The summed E-state index contributed by atoms with van der Waals surface area (Å²) in [6.45, 7) is 6.76. The van der Waals surface area contributed by atoms with Crippen molar-refractivity contribution in [1.29, 1.82) is 5.26 Å². The third-order valence-electron chi connectivity index (χ3n) is 4.19. The maximum atomic E-state index is 12.2. The number of nitriles is 1. The van der Waals surface area contributed by atoms with Crippen molar-refractivity contribution in [2.24, 2.45) is 0 Å². The van der Waals surface area contributed by atoms with Gasteiger partial charge in [0.15, 0.2) is 0 Å². The molecule has 0 aliphatic heterocycles. The fraction of sp³-hybridized carbons (Fsp3) is 0.333. The molecule has 2 aromatic rings. The highest BCUT2D eigenvalue weighted by Gasteiger charge is 2.07. The number of rotatable bonds is 9. The number of anilines is 1. The smallest absolute Gasteiger partial charge is 0.251 e. The predicted molar refractivity (Wildman–Crippen MR) is 110 cm³/mol. The summed E-state index contributed by atoms with van der Waals surface area (Å²) in [5.74, 6) is 1.54. The molecule has 136 valence electrons. The van der Waals surface area contributed by atoms with E-state index < -0.39 is 0 Å². The van der Waals surface area contributed by atoms with Crippen LogP contribution in [0.3, 0.4) is 0 Å². The Bertz CT molecular complexity index is 749. The van der Waals surface area contributed by atoms with Crippen molar-refractivity contribution < 1.29 is 4.79 Å². The van der Waals surface area contributed by atoms with Gasteiger partial charge in [-0.05, 0) is 49.7 Å². The Hall–Kier alpha value is -2.45. The standard InChI is InChI=1S/C21H25N3OS/c1-3-24(4-2)20-11-9-17(10-12-20)21(25)23-13-14-26-16-19-8-6-5-7-18(19)15-22/h5-12H,3-4,13-14,16H2,1-2H3,(H,23,25). The van der Waals surface area contributed by atoms with Gasteiger partial charge < -0.3 is 10.2 Å². The Balaban J connectivity index is 1.76. The molecule has 0 fully saturated rings. The number of hydrogen-bond acceptors (Lipinski definition) is 4. The maximum absolute atomic E-state index is 12.2. The van der Waals surface area contributed by atoms with E-state index >= 15 is 0 Å². The van der Waals surface area contributed by atoms with Crippen LogP contribution in [0.4, 0.5) is 5.69 Å². The van der Waals surface area contributed by atoms with Crippen LogP contribution in [-0.2, 0) is 5.75 Å². The van der Waals surface area contributed by atoms with E-state index in [4.69, 9.17) is 5.26 Å². The van der Waals surface area contributed by atoms with Crippen LogP contribution >= 0.6 is 11.8 Å². The van der Waals surface area contributed by atoms with Gasteiger partial charge in [0.05, 0.1) is 11.6 Å². The first kappa shape index (κ1) is 19.9. The van der Waals surface area contributed by atoms with E-state index in [1.165, 1.54) is 0 Å². The lowest BCUT2D eigenvalue weighted by Crippen LogP contribution is -2.26. The summed E-state index contributed by atoms with van der Waals surface area (Å²) in [6, 6.07) is 17.6. The summed E-state index contributed by atoms with van der Waals surface area (Å²) in [4.78, 5) is 14.5. The van der Waals surface area contributed by atoms with Crippen molar-refractivity contribution in [2.45, 2.75) is 19.6 Å². The third-order valence-corrected chi connectivity index (χ3v) is 5.19. The molecule has 0 unspecified atom stereocenters. The van der Waals surface area contributed by atoms with Gasteiger partial charge in [0, 0.05) is 42.4 Å². The van der Waals surface area contributed by atoms with Crippen molar-refractivity contribution in [2.75, 3.05) is 30.3 Å². The highest BCUT2D eigenvalue weighted by Crippen LogP contribution is 2.16. The lowest BCUT2D eigenvalue weighted by Gasteiger charge is -2.21. The first-order chi connectivity index (χ1) is 12.7. The van der Waals surface area contributed by atoms with Crippen LogP contribution in [0.1, 0.15) is 35.3 Å². The van der Waals surface area contributed by atoms with Crippen molar-refractivity contribution in [3.63, 3.8) is 0 Å². The molecule has 0 atom stereocenters. The number of nitrogens with one attached hydrogen (secondary N) is 1. The summed E-state index contributed by atoms with van der Waals surface area (Å²) < 4.78 is 0. The van der Waals surface area contributed by atoms with Crippen LogP contribution in [0.15, 0.2) is 48.5 Å². The van der Waals surface area contributed by atoms with E-state index in [0.717, 1.165) is 41.4 Å². The summed E-state index contributed by atoms with van der Waals surface area (Å²) in [7, 11) is 0. The second-order valence-corrected chi connectivity index (χ2v) is 6.90. The molecule has 1 N–H and O–H groups in total. The van der Waals surface area contributed by atoms with Crippen LogP contribution in [0, 0.1) is 11.3 Å². The van der Waals surface area contributed by atoms with Crippen LogP contribution in [0.2, 0.25) is 0 Å². The minimum absolute atomic E-state index is 0.0471. The molecule has 0 aliphatic rings. The van der Waals surface area contributed by atoms with E-state index in [1.54, 1.807) is 11.8 Å². The molecule has 0 spiro atoms. The summed E-state index contributed by atoms with van der Waals surface area (Å²) in [5.41, 5.74) is 3.58. The Morgan fingerprint density at radius 2 is 1.81 bits per heavy atom. The monoisotopic (exact) mass is 367 g/mol. The highest BCUT2D eigenvalue weighted by atomic mass is 32.2. The molecule has 2 rings (SSSR count). The fourth-order valence-corrected chi connectivity index (χ4v) is 3.55. The molecule has 26 heavy (non-hydrogen) atoms. The predicted octanol–water partition coefficient (Wildman–Crippen LogP) is 4.07. The molecule has 1 amide bonds. The zero-order valence-electron chi connectivity index (χ0n) is 15.4. The minimum atomic E-state index is -0.0471. The average molecular weight is 368 g/mol. The van der Waals surface area contributed by atoms with Crippen LogP contribution in [-0.4, -0.2) is 31.3 Å². The Kier molecular flexibility index (Phi) is 8.04. The molecular formula is C21H25N3OS. The van der Waals surface area contributed by atoms with E-state index in [1.807, 2.05) is 48.5 Å². The van der Waals surface area contributed by atoms with E-state index in [9.17, 15) is 4.79 Å². The second kappa shape index (κ2) is 10.5. The van der Waals surface area contributed by atoms with Gasteiger partial charge in [-0.2, -0.15) is 17.0 Å². The second-order valence-electron chi connectivity index (χ2n) is 5.80. The first-order valence-corrected chi connectivity index (χ1v) is 10.0. The van der Waals surface area contributed by atoms with Crippen molar-refractivity contribution in [3.8, 4) is 6.07 Å². The Morgan fingerprint density at radius 1 is 1.12 bits per heavy atom. The third kappa shape index (κ3) is 5.53. The molecule has 5 heteroatoms. The van der Waals surface area contributed by atoms with Crippen LogP contribution in [0.25, 0.3) is 0 Å². The fourth-order valence-electron chi connectivity index (χ4n) is 2.69. The number of amides is 1. The Labute approximate surface area is 160 Å². The van der Waals surface area contributed by atoms with Gasteiger partial charge in [-0.1, -0.05) is 18.2 Å².